The lowest BCUT2D eigenvalue weighted by molar-refractivity contribution is 0.00158. The minimum absolute atomic E-state index is 0.0105. The van der Waals surface area contributed by atoms with E-state index in [2.05, 4.69) is 176 Å². The van der Waals surface area contributed by atoms with E-state index < -0.39 is 0 Å². The molecule has 0 saturated carbocycles. The summed E-state index contributed by atoms with van der Waals surface area (Å²) in [6.45, 7) is 52.5. The lowest BCUT2D eigenvalue weighted by atomic mass is 9.85. The van der Waals surface area contributed by atoms with Crippen LogP contribution in [0.4, 0.5) is 17.3 Å². The van der Waals surface area contributed by atoms with E-state index in [4.69, 9.17) is 23.9 Å². The first-order chi connectivity index (χ1) is 47.4. The number of amides is 1. The number of anilines is 3. The van der Waals surface area contributed by atoms with E-state index in [1.54, 1.807) is 14.2 Å². The van der Waals surface area contributed by atoms with Crippen LogP contribution in [0.1, 0.15) is 211 Å². The van der Waals surface area contributed by atoms with Gasteiger partial charge in [0.25, 0.3) is 5.91 Å². The molecule has 554 valence electrons. The van der Waals surface area contributed by atoms with Crippen molar-refractivity contribution in [3.63, 3.8) is 0 Å². The quantitative estimate of drug-likeness (QED) is 0.132. The van der Waals surface area contributed by atoms with Gasteiger partial charge in [-0.1, -0.05) is 122 Å². The Morgan fingerprint density at radius 3 is 1.51 bits per heavy atom. The number of pyridine rings is 2. The SMILES string of the molecule is CC(C)(C)c1ccc(N2CCOCC2)nc1.CC(C)(C)c1cnn(C2CCNCC2)c1.CN1CCN(c2ccc(C(=O)C(C)(C)C)cc2)CC1.COc1cc(C(=O)N2CCC(N3CCOCC3)CC2)ccc1C(C)(C)C.COc1cc(N2CCC(N3CCCCC3)CC2)ncc1C(C)(C)C. The summed E-state index contributed by atoms with van der Waals surface area (Å²) in [6.07, 6.45) is 19.4. The third-order valence-electron chi connectivity index (χ3n) is 20.9. The van der Waals surface area contributed by atoms with Crippen molar-refractivity contribution < 1.29 is 28.5 Å². The molecule has 0 unspecified atom stereocenters. The van der Waals surface area contributed by atoms with Gasteiger partial charge >= 0.3 is 0 Å². The molecule has 0 spiro atoms. The predicted octanol–water partition coefficient (Wildman–Crippen LogP) is 13.8. The molecule has 12 rings (SSSR count). The largest absolute Gasteiger partial charge is 0.496 e. The van der Waals surface area contributed by atoms with Crippen LogP contribution in [0.15, 0.2) is 85.5 Å². The Kier molecular flexibility index (Phi) is 28.9. The van der Waals surface area contributed by atoms with Crippen LogP contribution >= 0.6 is 0 Å². The summed E-state index contributed by atoms with van der Waals surface area (Å²) in [6, 6.07) is 22.3. The number of benzene rings is 2. The molecule has 1 N–H and O–H groups in total. The number of piperazine rings is 1. The number of aromatic nitrogens is 4. The molecule has 7 aliphatic heterocycles. The Bertz CT molecular complexity index is 3250. The number of rotatable bonds is 10. The first-order valence-electron chi connectivity index (χ1n) is 37.9. The van der Waals surface area contributed by atoms with Crippen LogP contribution in [0.2, 0.25) is 0 Å². The van der Waals surface area contributed by atoms with Gasteiger partial charge in [0, 0.05) is 143 Å². The number of carbonyl (C=O) groups excluding carboxylic acids is 2. The molecular formula is C82H130N12O6. The van der Waals surface area contributed by atoms with Gasteiger partial charge in [0.05, 0.1) is 52.9 Å². The lowest BCUT2D eigenvalue weighted by Gasteiger charge is -2.40. The van der Waals surface area contributed by atoms with Crippen LogP contribution < -0.4 is 29.5 Å². The molecule has 0 atom stereocenters. The summed E-state index contributed by atoms with van der Waals surface area (Å²) in [5.74, 6) is 4.21. The smallest absolute Gasteiger partial charge is 0.253 e. The molecule has 1 amide bonds. The van der Waals surface area contributed by atoms with Gasteiger partial charge in [-0.25, -0.2) is 9.97 Å². The van der Waals surface area contributed by atoms with Crippen molar-refractivity contribution in [2.24, 2.45) is 5.41 Å². The zero-order chi connectivity index (χ0) is 72.4. The summed E-state index contributed by atoms with van der Waals surface area (Å²) in [7, 11) is 5.59. The molecule has 3 aromatic heterocycles. The number of piperidine rings is 4. The Morgan fingerprint density at radius 1 is 0.470 bits per heavy atom. The Hall–Kier alpha value is -6.15. The van der Waals surface area contributed by atoms with Gasteiger partial charge in [0.1, 0.15) is 23.1 Å². The highest BCUT2D eigenvalue weighted by Gasteiger charge is 2.32. The Morgan fingerprint density at radius 2 is 0.990 bits per heavy atom. The number of hydrogen-bond acceptors (Lipinski definition) is 16. The van der Waals surface area contributed by atoms with Gasteiger partial charge in [-0.05, 0) is 165 Å². The maximum absolute atomic E-state index is 12.9. The maximum Gasteiger partial charge on any atom is 0.253 e. The first-order valence-corrected chi connectivity index (χ1v) is 37.9. The number of ether oxygens (including phenoxy) is 4. The summed E-state index contributed by atoms with van der Waals surface area (Å²) in [4.78, 5) is 51.1. The summed E-state index contributed by atoms with van der Waals surface area (Å²) in [5, 5.41) is 7.88. The third kappa shape index (κ3) is 23.2. The number of ketones is 1. The monoisotopic (exact) mass is 1380 g/mol. The minimum atomic E-state index is -0.310. The van der Waals surface area contributed by atoms with Gasteiger partial charge in [0.2, 0.25) is 0 Å². The van der Waals surface area contributed by atoms with Gasteiger partial charge in [-0.2, -0.15) is 5.10 Å². The van der Waals surface area contributed by atoms with Gasteiger partial charge in [0.15, 0.2) is 5.78 Å². The maximum atomic E-state index is 12.9. The summed E-state index contributed by atoms with van der Waals surface area (Å²) >= 11 is 0. The number of Topliss-reactive ketones (excluding diaryl/α,β-unsaturated/α-hetero) is 1. The fourth-order valence-corrected chi connectivity index (χ4v) is 14.2. The number of nitrogens with one attached hydrogen (secondary N) is 1. The van der Waals surface area contributed by atoms with Crippen molar-refractivity contribution in [1.29, 1.82) is 0 Å². The number of methoxy groups -OCH3 is 2. The Balaban J connectivity index is 0.000000161. The highest BCUT2D eigenvalue weighted by atomic mass is 16.5. The van der Waals surface area contributed by atoms with E-state index in [0.717, 1.165) is 177 Å². The molecule has 10 heterocycles. The highest BCUT2D eigenvalue weighted by molar-refractivity contribution is 6.00. The molecule has 18 heteroatoms. The average molecular weight is 1380 g/mol. The normalized spacial score (nSPS) is 19.4. The molecule has 0 radical (unpaired) electrons. The van der Waals surface area contributed by atoms with Gasteiger partial charge in [-0.15, -0.1) is 0 Å². The predicted molar refractivity (Wildman–Crippen MR) is 411 cm³/mol. The van der Waals surface area contributed by atoms with Crippen molar-refractivity contribution >= 4 is 29.0 Å². The van der Waals surface area contributed by atoms with Crippen molar-refractivity contribution in [2.75, 3.05) is 167 Å². The van der Waals surface area contributed by atoms with Crippen molar-refractivity contribution in [3.05, 3.63) is 119 Å². The van der Waals surface area contributed by atoms with E-state index in [1.165, 1.54) is 80.4 Å². The van der Waals surface area contributed by atoms with Crippen molar-refractivity contribution in [3.8, 4) is 11.5 Å². The van der Waals surface area contributed by atoms with E-state index in [9.17, 15) is 9.59 Å². The van der Waals surface area contributed by atoms with Crippen molar-refractivity contribution in [2.45, 2.75) is 201 Å². The zero-order valence-electron chi connectivity index (χ0n) is 65.2. The topological polar surface area (TPSA) is 149 Å². The molecule has 100 heavy (non-hydrogen) atoms. The van der Waals surface area contributed by atoms with Gasteiger partial charge < -0.3 is 53.7 Å². The summed E-state index contributed by atoms with van der Waals surface area (Å²) in [5.41, 5.74) is 7.80. The van der Waals surface area contributed by atoms with Crippen LogP contribution in [0.25, 0.3) is 0 Å². The molecule has 2 aromatic carbocycles. The minimum Gasteiger partial charge on any atom is -0.496 e. The van der Waals surface area contributed by atoms with E-state index in [1.807, 2.05) is 74.6 Å². The number of hydrogen-bond donors (Lipinski definition) is 1. The van der Waals surface area contributed by atoms with Crippen molar-refractivity contribution in [1.82, 2.24) is 44.7 Å². The second-order valence-electron chi connectivity index (χ2n) is 33.8. The van der Waals surface area contributed by atoms with Gasteiger partial charge in [-0.3, -0.25) is 19.2 Å². The molecule has 5 aromatic rings. The lowest BCUT2D eigenvalue weighted by Crippen LogP contribution is -2.50. The number of likely N-dealkylation sites (N-methyl/N-ethyl adjacent to an activating group) is 1. The molecule has 0 bridgehead atoms. The third-order valence-corrected chi connectivity index (χ3v) is 20.9. The molecular weight excluding hydrogens is 1250 g/mol. The molecule has 0 aliphatic carbocycles. The van der Waals surface area contributed by atoms with Crippen LogP contribution in [-0.2, 0) is 31.1 Å². The van der Waals surface area contributed by atoms with Crippen LogP contribution in [0, 0.1) is 5.41 Å². The molecule has 18 nitrogen and oxygen atoms in total. The highest BCUT2D eigenvalue weighted by Crippen LogP contribution is 2.36. The van der Waals surface area contributed by atoms with E-state index >= 15 is 0 Å². The number of carbonyl (C=O) groups is 2. The first kappa shape index (κ1) is 79.6. The summed E-state index contributed by atoms with van der Waals surface area (Å²) < 4.78 is 24.1. The standard InChI is InChI=1S/C21H32N2O3.C20H33N3O.C16H24N2O.C13H20N2O.C12H21N3/c1-21(2,3)18-6-5-16(15-19(18)25-4)20(24)23-9-7-17(8-10-23)22-11-13-26-14-12-22;1-20(2,3)17-15-21-19(14-18(17)24-4)23-12-8-16(9-13-23)22-10-6-5-7-11-22;1-16(2,3)15(19)13-5-7-14(8-6-13)18-11-9-17(4)10-12-18;1-13(2,3)11-4-5-12(14-10-11)15-6-8-16-9-7-15;1-12(2,3)10-8-14-15(9-10)11-4-6-13-7-5-11/h5-6,15,17H,7-14H2,1-4H3;14-16H,5-13H2,1-4H3;5-8H,9-12H2,1-4H3;4-5,10H,6-9H2,1-3H3;8-9,11,13H,4-7H2,1-3H3. The average Bonchev–Trinajstić information content (AvgIpc) is 1.04. The number of morpholine rings is 2. The molecule has 7 fully saturated rings. The van der Waals surface area contributed by atoms with Crippen LogP contribution in [0.5, 0.6) is 11.5 Å². The molecule has 7 saturated heterocycles. The molecule has 7 aliphatic rings. The van der Waals surface area contributed by atoms with Crippen LogP contribution in [-0.4, -0.2) is 216 Å². The van der Waals surface area contributed by atoms with Crippen LogP contribution in [0.3, 0.4) is 0 Å². The number of nitrogens with zero attached hydrogens (tertiary/aromatic N) is 11. The van der Waals surface area contributed by atoms with E-state index in [-0.39, 0.29) is 38.8 Å². The number of likely N-dealkylation sites (tertiary alicyclic amines) is 2. The fraction of sp³-hybridized carbons (Fsp3) is 0.671. The Labute approximate surface area is 603 Å². The second-order valence-corrected chi connectivity index (χ2v) is 33.8. The van der Waals surface area contributed by atoms with E-state index in [0.29, 0.717) is 12.1 Å². The fourth-order valence-electron chi connectivity index (χ4n) is 14.2. The second kappa shape index (κ2) is 36.3. The zero-order valence-corrected chi connectivity index (χ0v) is 65.2.